The first-order chi connectivity index (χ1) is 13.0. The molecular formula is C21H25N3O3. The van der Waals surface area contributed by atoms with E-state index < -0.39 is 0 Å². The summed E-state index contributed by atoms with van der Waals surface area (Å²) in [7, 11) is 0. The number of aryl methyl sites for hydroxylation is 1. The fourth-order valence-corrected chi connectivity index (χ4v) is 3.11. The quantitative estimate of drug-likeness (QED) is 0.820. The second kappa shape index (κ2) is 8.58. The number of rotatable bonds is 6. The number of carbonyl (C=O) groups excluding carboxylic acids is 2. The summed E-state index contributed by atoms with van der Waals surface area (Å²) < 4.78 is 5.38. The van der Waals surface area contributed by atoms with Gasteiger partial charge in [-0.15, -0.1) is 0 Å². The van der Waals surface area contributed by atoms with Crippen LogP contribution >= 0.6 is 0 Å². The molecule has 0 spiro atoms. The Bertz CT molecular complexity index is 787. The topological polar surface area (TPSA) is 70.7 Å². The van der Waals surface area contributed by atoms with Crippen molar-refractivity contribution in [2.24, 2.45) is 5.92 Å². The van der Waals surface area contributed by atoms with Crippen LogP contribution in [-0.2, 0) is 4.79 Å². The molecule has 2 aromatic rings. The predicted octanol–water partition coefficient (Wildman–Crippen LogP) is 3.57. The fourth-order valence-electron chi connectivity index (χ4n) is 3.11. The number of urea groups is 1. The Balaban J connectivity index is 1.47. The van der Waals surface area contributed by atoms with E-state index in [2.05, 4.69) is 10.6 Å². The van der Waals surface area contributed by atoms with Crippen molar-refractivity contribution in [3.63, 3.8) is 0 Å². The van der Waals surface area contributed by atoms with Crippen molar-refractivity contribution in [2.45, 2.75) is 20.3 Å². The number of anilines is 2. The van der Waals surface area contributed by atoms with Gasteiger partial charge >= 0.3 is 6.03 Å². The van der Waals surface area contributed by atoms with Gasteiger partial charge in [0, 0.05) is 36.8 Å². The maximum atomic E-state index is 12.3. The highest BCUT2D eigenvalue weighted by Crippen LogP contribution is 2.25. The highest BCUT2D eigenvalue weighted by Gasteiger charge is 2.30. The molecule has 0 aliphatic carbocycles. The lowest BCUT2D eigenvalue weighted by molar-refractivity contribution is -0.117. The van der Waals surface area contributed by atoms with Crippen molar-refractivity contribution in [3.8, 4) is 5.75 Å². The molecule has 2 aromatic carbocycles. The molecule has 3 amide bonds. The molecule has 6 nitrogen and oxygen atoms in total. The number of carbonyl (C=O) groups is 2. The minimum Gasteiger partial charge on any atom is -0.494 e. The Labute approximate surface area is 159 Å². The van der Waals surface area contributed by atoms with Crippen LogP contribution in [0.15, 0.2) is 48.5 Å². The molecule has 0 bridgehead atoms. The number of nitrogens with one attached hydrogen (secondary N) is 2. The van der Waals surface area contributed by atoms with E-state index in [1.54, 1.807) is 17.0 Å². The maximum Gasteiger partial charge on any atom is 0.319 e. The van der Waals surface area contributed by atoms with Crippen LogP contribution in [0.4, 0.5) is 16.2 Å². The second-order valence-corrected chi connectivity index (χ2v) is 6.70. The van der Waals surface area contributed by atoms with Crippen molar-refractivity contribution in [2.75, 3.05) is 29.9 Å². The number of hydrogen-bond acceptors (Lipinski definition) is 3. The Morgan fingerprint density at radius 1 is 1.15 bits per heavy atom. The van der Waals surface area contributed by atoms with Crippen molar-refractivity contribution in [3.05, 3.63) is 54.1 Å². The highest BCUT2D eigenvalue weighted by atomic mass is 16.5. The molecule has 1 fully saturated rings. The predicted molar refractivity (Wildman–Crippen MR) is 106 cm³/mol. The Kier molecular flexibility index (Phi) is 5.96. The summed E-state index contributed by atoms with van der Waals surface area (Å²) in [5.74, 6) is 0.964. The van der Waals surface area contributed by atoms with Crippen molar-refractivity contribution in [1.29, 1.82) is 0 Å². The molecule has 0 unspecified atom stereocenters. The molecule has 1 aliphatic rings. The average Bonchev–Trinajstić information content (AvgIpc) is 3.03. The molecule has 0 radical (unpaired) electrons. The number of hydrogen-bond donors (Lipinski definition) is 2. The van der Waals surface area contributed by atoms with E-state index in [0.29, 0.717) is 31.8 Å². The molecule has 1 aliphatic heterocycles. The molecule has 6 heteroatoms. The highest BCUT2D eigenvalue weighted by molar-refractivity contribution is 5.96. The number of amides is 3. The molecule has 3 rings (SSSR count). The summed E-state index contributed by atoms with van der Waals surface area (Å²) in [5, 5.41) is 5.65. The summed E-state index contributed by atoms with van der Waals surface area (Å²) in [6.45, 7) is 5.62. The number of ether oxygens (including phenoxy) is 1. The summed E-state index contributed by atoms with van der Waals surface area (Å²) in [5.41, 5.74) is 2.77. The van der Waals surface area contributed by atoms with Gasteiger partial charge in [0.2, 0.25) is 5.91 Å². The molecule has 142 valence electrons. The van der Waals surface area contributed by atoms with E-state index >= 15 is 0 Å². The Morgan fingerprint density at radius 2 is 1.85 bits per heavy atom. The minimum atomic E-state index is -0.277. The summed E-state index contributed by atoms with van der Waals surface area (Å²) in [6, 6.07) is 14.9. The van der Waals surface area contributed by atoms with Gasteiger partial charge in [-0.25, -0.2) is 4.79 Å². The minimum absolute atomic E-state index is 0.0950. The van der Waals surface area contributed by atoms with Gasteiger partial charge in [-0.05, 0) is 50.2 Å². The van der Waals surface area contributed by atoms with E-state index in [-0.39, 0.29) is 17.9 Å². The van der Waals surface area contributed by atoms with Gasteiger partial charge in [0.05, 0.1) is 6.61 Å². The van der Waals surface area contributed by atoms with Gasteiger partial charge in [0.1, 0.15) is 5.75 Å². The van der Waals surface area contributed by atoms with Gasteiger partial charge in [-0.2, -0.15) is 0 Å². The smallest absolute Gasteiger partial charge is 0.319 e. The van der Waals surface area contributed by atoms with Gasteiger partial charge in [-0.1, -0.05) is 17.7 Å². The molecule has 1 saturated heterocycles. The standard InChI is InChI=1S/C21H25N3O3/c1-3-27-19-10-6-17(7-11-19)23-21(26)22-13-16-12-20(25)24(14-16)18-8-4-15(2)5-9-18/h4-11,16H,3,12-14H2,1-2H3,(H2,22,23,26)/t16-/m0/s1. The summed E-state index contributed by atoms with van der Waals surface area (Å²) in [4.78, 5) is 26.2. The summed E-state index contributed by atoms with van der Waals surface area (Å²) in [6.07, 6.45) is 0.442. The van der Waals surface area contributed by atoms with Gasteiger partial charge in [0.15, 0.2) is 0 Å². The van der Waals surface area contributed by atoms with Crippen LogP contribution in [0.25, 0.3) is 0 Å². The SMILES string of the molecule is CCOc1ccc(NC(=O)NC[C@@H]2CC(=O)N(c3ccc(C)cc3)C2)cc1. The molecule has 1 atom stereocenters. The van der Waals surface area contributed by atoms with Crippen LogP contribution in [0.1, 0.15) is 18.9 Å². The first-order valence-electron chi connectivity index (χ1n) is 9.20. The largest absolute Gasteiger partial charge is 0.494 e. The second-order valence-electron chi connectivity index (χ2n) is 6.70. The van der Waals surface area contributed by atoms with Gasteiger partial charge in [0.25, 0.3) is 0 Å². The third kappa shape index (κ3) is 5.00. The lowest BCUT2D eigenvalue weighted by Gasteiger charge is -2.17. The normalized spacial score (nSPS) is 16.3. The number of nitrogens with zero attached hydrogens (tertiary/aromatic N) is 1. The van der Waals surface area contributed by atoms with Crippen LogP contribution < -0.4 is 20.3 Å². The van der Waals surface area contributed by atoms with Crippen LogP contribution in [0, 0.1) is 12.8 Å². The first-order valence-corrected chi connectivity index (χ1v) is 9.20. The molecule has 0 saturated carbocycles. The van der Waals surface area contributed by atoms with E-state index in [1.807, 2.05) is 50.2 Å². The van der Waals surface area contributed by atoms with Crippen LogP contribution in [-0.4, -0.2) is 31.6 Å². The van der Waals surface area contributed by atoms with Gasteiger partial charge in [-0.3, -0.25) is 4.79 Å². The average molecular weight is 367 g/mol. The first kappa shape index (κ1) is 18.8. The molecule has 0 aromatic heterocycles. The Hall–Kier alpha value is -3.02. The molecule has 27 heavy (non-hydrogen) atoms. The third-order valence-corrected chi connectivity index (χ3v) is 4.53. The van der Waals surface area contributed by atoms with Crippen LogP contribution in [0.5, 0.6) is 5.75 Å². The third-order valence-electron chi connectivity index (χ3n) is 4.53. The lowest BCUT2D eigenvalue weighted by atomic mass is 10.1. The van der Waals surface area contributed by atoms with E-state index in [9.17, 15) is 9.59 Å². The number of benzene rings is 2. The van der Waals surface area contributed by atoms with Gasteiger partial charge < -0.3 is 20.3 Å². The molecular weight excluding hydrogens is 342 g/mol. The molecule has 2 N–H and O–H groups in total. The maximum absolute atomic E-state index is 12.3. The van der Waals surface area contributed by atoms with Crippen molar-refractivity contribution < 1.29 is 14.3 Å². The lowest BCUT2D eigenvalue weighted by Crippen LogP contribution is -2.34. The molecule has 1 heterocycles. The van der Waals surface area contributed by atoms with Crippen LogP contribution in [0.3, 0.4) is 0 Å². The van der Waals surface area contributed by atoms with Crippen molar-refractivity contribution in [1.82, 2.24) is 5.32 Å². The van der Waals surface area contributed by atoms with E-state index in [1.165, 1.54) is 0 Å². The van der Waals surface area contributed by atoms with Crippen molar-refractivity contribution >= 4 is 23.3 Å². The summed E-state index contributed by atoms with van der Waals surface area (Å²) >= 11 is 0. The van der Waals surface area contributed by atoms with E-state index in [0.717, 1.165) is 17.0 Å². The van der Waals surface area contributed by atoms with Crippen LogP contribution in [0.2, 0.25) is 0 Å². The zero-order chi connectivity index (χ0) is 19.2. The zero-order valence-electron chi connectivity index (χ0n) is 15.7. The zero-order valence-corrected chi connectivity index (χ0v) is 15.7. The Morgan fingerprint density at radius 3 is 2.52 bits per heavy atom. The van der Waals surface area contributed by atoms with E-state index in [4.69, 9.17) is 4.74 Å². The fraction of sp³-hybridized carbons (Fsp3) is 0.333. The monoisotopic (exact) mass is 367 g/mol.